The molecule has 14 nitrogen and oxygen atoms in total. The minimum Gasteiger partial charge on any atom is -0.494 e. The fourth-order valence-corrected chi connectivity index (χ4v) is 4.53. The Morgan fingerprint density at radius 1 is 0.774 bits per heavy atom. The molecule has 53 heavy (non-hydrogen) atoms. The lowest BCUT2D eigenvalue weighted by Gasteiger charge is -2.19. The highest BCUT2D eigenvalue weighted by Crippen LogP contribution is 2.20. The zero-order valence-electron chi connectivity index (χ0n) is 30.7. The molecule has 0 saturated carbocycles. The molecule has 1 heterocycles. The van der Waals surface area contributed by atoms with E-state index in [-0.39, 0.29) is 50.2 Å². The van der Waals surface area contributed by atoms with Gasteiger partial charge in [0.05, 0.1) is 13.2 Å². The number of carbonyl (C=O) groups excluding carboxylic acids is 2. The van der Waals surface area contributed by atoms with Crippen LogP contribution in [0.5, 0.6) is 5.75 Å². The molecule has 2 aromatic carbocycles. The van der Waals surface area contributed by atoms with E-state index in [4.69, 9.17) is 29.8 Å². The molecule has 5 N–H and O–H groups in total. The van der Waals surface area contributed by atoms with E-state index in [2.05, 4.69) is 15.6 Å². The zero-order chi connectivity index (χ0) is 39.4. The third-order valence-corrected chi connectivity index (χ3v) is 6.88. The van der Waals surface area contributed by atoms with Crippen LogP contribution in [0.1, 0.15) is 71.1 Å². The number of alkyl carbamates (subject to hydrolysis) is 2. The quantitative estimate of drug-likeness (QED) is 0.0778. The van der Waals surface area contributed by atoms with Crippen LogP contribution in [0.25, 0.3) is 0 Å². The maximum atomic E-state index is 13.2. The van der Waals surface area contributed by atoms with Crippen LogP contribution in [0.2, 0.25) is 0 Å². The molecule has 290 valence electrons. The number of rotatable bonds is 14. The Morgan fingerprint density at radius 3 is 1.68 bits per heavy atom. The minimum atomic E-state index is -4.94. The Balaban J connectivity index is 1.50. The molecule has 0 radical (unpaired) electrons. The summed E-state index contributed by atoms with van der Waals surface area (Å²) in [4.78, 5) is 27.4. The summed E-state index contributed by atoms with van der Waals surface area (Å²) in [6.07, 6.45) is -5.31. The van der Waals surface area contributed by atoms with Crippen molar-refractivity contribution in [2.45, 2.75) is 97.7 Å². The van der Waals surface area contributed by atoms with Gasteiger partial charge in [0.2, 0.25) is 11.8 Å². The summed E-state index contributed by atoms with van der Waals surface area (Å²) in [5, 5.41) is 30.6. The second-order valence-corrected chi connectivity index (χ2v) is 13.9. The molecule has 0 saturated heterocycles. The van der Waals surface area contributed by atoms with Gasteiger partial charge in [0.1, 0.15) is 28.6 Å². The highest BCUT2D eigenvalue weighted by molar-refractivity contribution is 6.05. The number of aromatic nitrogens is 2. The van der Waals surface area contributed by atoms with Crippen molar-refractivity contribution in [1.29, 1.82) is 10.8 Å². The number of nitrogens with zero attached hydrogens (tertiary/aromatic N) is 3. The summed E-state index contributed by atoms with van der Waals surface area (Å²) in [5.41, 5.74) is 0.264. The van der Waals surface area contributed by atoms with Gasteiger partial charge in [0.25, 0.3) is 0 Å². The first-order chi connectivity index (χ1) is 24.7. The van der Waals surface area contributed by atoms with Crippen molar-refractivity contribution < 1.29 is 46.8 Å². The molecule has 1 aromatic heterocycles. The van der Waals surface area contributed by atoms with Crippen LogP contribution in [0.3, 0.4) is 0 Å². The molecular weight excluding hydrogens is 699 g/mol. The molecule has 0 bridgehead atoms. The van der Waals surface area contributed by atoms with E-state index in [1.54, 1.807) is 102 Å². The SMILES string of the molecule is CC(C)(C)OC(=O)NC(=N)c1ccc(COCCCn2ccn(CCCOc3ccc(C(=N)NC(=O)OC(C)(C)C)cc3)c2=NC(O)C(F)(F)F)cc1. The predicted molar refractivity (Wildman–Crippen MR) is 190 cm³/mol. The number of aliphatic hydroxyl groups excluding tert-OH is 1. The van der Waals surface area contributed by atoms with Gasteiger partial charge >= 0.3 is 18.4 Å². The van der Waals surface area contributed by atoms with Crippen LogP contribution in [-0.4, -0.2) is 74.9 Å². The van der Waals surface area contributed by atoms with Crippen molar-refractivity contribution in [2.24, 2.45) is 4.99 Å². The fraction of sp³-hybridized carbons (Fsp3) is 0.472. The molecule has 1 atom stereocenters. The van der Waals surface area contributed by atoms with Crippen LogP contribution >= 0.6 is 0 Å². The summed E-state index contributed by atoms with van der Waals surface area (Å²) in [6, 6.07) is 13.3. The van der Waals surface area contributed by atoms with E-state index in [9.17, 15) is 27.9 Å². The number of aryl methyl sites for hydroxylation is 2. The topological polar surface area (TPSA) is 185 Å². The third kappa shape index (κ3) is 15.2. The number of amidine groups is 2. The first kappa shape index (κ1) is 42.3. The molecule has 0 aliphatic rings. The number of carbonyl (C=O) groups is 2. The normalized spacial score (nSPS) is 12.9. The van der Waals surface area contributed by atoms with Crippen molar-refractivity contribution in [1.82, 2.24) is 19.8 Å². The van der Waals surface area contributed by atoms with Crippen molar-refractivity contribution in [3.05, 3.63) is 83.2 Å². The van der Waals surface area contributed by atoms with E-state index in [1.165, 1.54) is 9.13 Å². The van der Waals surface area contributed by atoms with Gasteiger partial charge in [0, 0.05) is 43.2 Å². The number of amides is 2. The first-order valence-corrected chi connectivity index (χ1v) is 16.8. The van der Waals surface area contributed by atoms with Crippen LogP contribution in [0, 0.1) is 10.8 Å². The van der Waals surface area contributed by atoms with Gasteiger partial charge in [-0.25, -0.2) is 14.6 Å². The zero-order valence-corrected chi connectivity index (χ0v) is 30.7. The Kier molecular flexibility index (Phi) is 14.8. The van der Waals surface area contributed by atoms with Crippen LogP contribution in [0.15, 0.2) is 65.9 Å². The average molecular weight is 748 g/mol. The lowest BCUT2D eigenvalue weighted by molar-refractivity contribution is -0.202. The van der Waals surface area contributed by atoms with E-state index >= 15 is 0 Å². The number of hydrogen-bond donors (Lipinski definition) is 5. The van der Waals surface area contributed by atoms with Crippen molar-refractivity contribution >= 4 is 23.9 Å². The second kappa shape index (κ2) is 18.6. The van der Waals surface area contributed by atoms with Gasteiger partial charge in [0.15, 0.2) is 0 Å². The second-order valence-electron chi connectivity index (χ2n) is 13.9. The van der Waals surface area contributed by atoms with Gasteiger partial charge in [-0.15, -0.1) is 0 Å². The molecule has 17 heteroatoms. The molecule has 0 aliphatic carbocycles. The molecule has 3 aromatic rings. The summed E-state index contributed by atoms with van der Waals surface area (Å²) in [6.45, 7) is 11.6. The fourth-order valence-electron chi connectivity index (χ4n) is 4.53. The number of benzene rings is 2. The van der Waals surface area contributed by atoms with E-state index in [0.717, 1.165) is 5.56 Å². The van der Waals surface area contributed by atoms with Crippen LogP contribution in [-0.2, 0) is 33.9 Å². The maximum Gasteiger partial charge on any atom is 0.435 e. The van der Waals surface area contributed by atoms with E-state index in [1.807, 2.05) is 0 Å². The van der Waals surface area contributed by atoms with Gasteiger partial charge in [-0.2, -0.15) is 13.2 Å². The molecular formula is C36H48F3N7O7. The van der Waals surface area contributed by atoms with Crippen molar-refractivity contribution in [2.75, 3.05) is 13.2 Å². The largest absolute Gasteiger partial charge is 0.494 e. The highest BCUT2D eigenvalue weighted by atomic mass is 19.4. The molecule has 0 fully saturated rings. The Labute approximate surface area is 305 Å². The monoisotopic (exact) mass is 747 g/mol. The lowest BCUT2D eigenvalue weighted by atomic mass is 10.1. The minimum absolute atomic E-state index is 0.0618. The van der Waals surface area contributed by atoms with Gasteiger partial charge in [-0.05, 0) is 84.2 Å². The number of hydrogen-bond acceptors (Lipinski definition) is 10. The van der Waals surface area contributed by atoms with Crippen molar-refractivity contribution in [3.8, 4) is 5.75 Å². The van der Waals surface area contributed by atoms with Gasteiger partial charge < -0.3 is 33.2 Å². The molecule has 0 aliphatic heterocycles. The Morgan fingerprint density at radius 2 is 1.23 bits per heavy atom. The highest BCUT2D eigenvalue weighted by Gasteiger charge is 2.38. The number of aliphatic hydroxyl groups is 1. The predicted octanol–water partition coefficient (Wildman–Crippen LogP) is 5.85. The van der Waals surface area contributed by atoms with Crippen molar-refractivity contribution in [3.63, 3.8) is 0 Å². The van der Waals surface area contributed by atoms with Crippen LogP contribution in [0.4, 0.5) is 22.8 Å². The molecule has 0 spiro atoms. The Hall–Kier alpha value is -5.16. The smallest absolute Gasteiger partial charge is 0.435 e. The third-order valence-electron chi connectivity index (χ3n) is 6.88. The van der Waals surface area contributed by atoms with Gasteiger partial charge in [-0.1, -0.05) is 24.3 Å². The number of alkyl halides is 3. The average Bonchev–Trinajstić information content (AvgIpc) is 3.41. The summed E-state index contributed by atoms with van der Waals surface area (Å²) in [7, 11) is 0. The van der Waals surface area contributed by atoms with E-state index < -0.39 is 35.8 Å². The Bertz CT molecular complexity index is 1760. The van der Waals surface area contributed by atoms with Crippen LogP contribution < -0.4 is 21.0 Å². The number of imidazole rings is 1. The summed E-state index contributed by atoms with van der Waals surface area (Å²) in [5.74, 6) is 0.237. The molecule has 3 rings (SSSR count). The van der Waals surface area contributed by atoms with Gasteiger partial charge in [-0.3, -0.25) is 21.5 Å². The summed E-state index contributed by atoms with van der Waals surface area (Å²) >= 11 is 0. The maximum absolute atomic E-state index is 13.2. The number of nitrogens with one attached hydrogen (secondary N) is 4. The number of ether oxygens (including phenoxy) is 4. The summed E-state index contributed by atoms with van der Waals surface area (Å²) < 4.78 is 64.5. The first-order valence-electron chi connectivity index (χ1n) is 16.8. The molecule has 2 amide bonds. The lowest BCUT2D eigenvalue weighted by Crippen LogP contribution is -2.36. The van der Waals surface area contributed by atoms with E-state index in [0.29, 0.717) is 29.7 Å². The number of halogens is 3. The standard InChI is InChI=1S/C36H48F3N7O7/c1-34(2,3)52-32(48)42-28(40)25-11-9-24(10-12-25)23-50-21-7-17-45-19-20-46(31(45)44-30(47)36(37,38)39)18-8-22-51-27-15-13-26(14-16-27)29(41)43-33(49)53-35(4,5)6/h9-16,19-20,30,47H,7-8,17-18,21-23H2,1-6H3,(H2,40,42,48)(H2,41,43,49). The molecule has 1 unspecified atom stereocenters.